The third-order valence-corrected chi connectivity index (χ3v) is 3.54. The average molecular weight is 241 g/mol. The van der Waals surface area contributed by atoms with Crippen molar-refractivity contribution in [1.82, 2.24) is 0 Å². The molecule has 2 aromatic carbocycles. The molecule has 1 unspecified atom stereocenters. The van der Waals surface area contributed by atoms with Crippen molar-refractivity contribution in [3.8, 4) is 0 Å². The van der Waals surface area contributed by atoms with Crippen LogP contribution < -0.4 is 0 Å². The second kappa shape index (κ2) is 4.38. The number of hydrogen-bond acceptors (Lipinski definition) is 0. The van der Waals surface area contributed by atoms with Gasteiger partial charge in [-0.1, -0.05) is 66.2 Å². The van der Waals surface area contributed by atoms with Crippen molar-refractivity contribution in [2.45, 2.75) is 12.3 Å². The van der Waals surface area contributed by atoms with Crippen LogP contribution in [0, 0.1) is 0 Å². The molecule has 0 spiro atoms. The van der Waals surface area contributed by atoms with Crippen LogP contribution in [0.1, 0.15) is 17.9 Å². The van der Waals surface area contributed by atoms with E-state index in [0.29, 0.717) is 5.92 Å². The Morgan fingerprint density at radius 3 is 2.71 bits per heavy atom. The predicted octanol–water partition coefficient (Wildman–Crippen LogP) is 5.01. The quantitative estimate of drug-likeness (QED) is 0.658. The summed E-state index contributed by atoms with van der Waals surface area (Å²) in [6.45, 7) is 0. The molecule has 1 aliphatic rings. The Bertz CT molecular complexity index is 602. The molecule has 2 aromatic rings. The first-order valence-electron chi connectivity index (χ1n) is 5.85. The molecule has 0 N–H and O–H groups in total. The molecule has 0 saturated heterocycles. The fourth-order valence-electron chi connectivity index (χ4n) is 2.43. The van der Waals surface area contributed by atoms with Gasteiger partial charge in [-0.3, -0.25) is 0 Å². The van der Waals surface area contributed by atoms with E-state index in [2.05, 4.69) is 54.6 Å². The van der Waals surface area contributed by atoms with Gasteiger partial charge in [0.2, 0.25) is 0 Å². The Balaban J connectivity index is 2.12. The fourth-order valence-corrected chi connectivity index (χ4v) is 2.67. The van der Waals surface area contributed by atoms with Crippen LogP contribution in [-0.4, -0.2) is 0 Å². The van der Waals surface area contributed by atoms with E-state index in [4.69, 9.17) is 11.6 Å². The largest absolute Gasteiger partial charge is 0.0891 e. The van der Waals surface area contributed by atoms with E-state index in [0.717, 1.165) is 11.5 Å². The Morgan fingerprint density at radius 1 is 1.00 bits per heavy atom. The molecular weight excluding hydrogens is 228 g/mol. The lowest BCUT2D eigenvalue weighted by atomic mass is 9.89. The molecule has 1 heteroatoms. The summed E-state index contributed by atoms with van der Waals surface area (Å²) >= 11 is 6.12. The SMILES string of the molecule is ClC1=CC=CC(c2cccc3ccccc23)C1. The van der Waals surface area contributed by atoms with E-state index in [1.165, 1.54) is 16.3 Å². The van der Waals surface area contributed by atoms with Gasteiger partial charge in [-0.2, -0.15) is 0 Å². The highest BCUT2D eigenvalue weighted by molar-refractivity contribution is 6.29. The first kappa shape index (κ1) is 10.6. The zero-order valence-electron chi connectivity index (χ0n) is 9.44. The lowest BCUT2D eigenvalue weighted by Crippen LogP contribution is -1.99. The van der Waals surface area contributed by atoms with E-state index in [-0.39, 0.29) is 0 Å². The van der Waals surface area contributed by atoms with Crippen molar-refractivity contribution in [2.75, 3.05) is 0 Å². The van der Waals surface area contributed by atoms with E-state index < -0.39 is 0 Å². The van der Waals surface area contributed by atoms with Gasteiger partial charge in [0.25, 0.3) is 0 Å². The van der Waals surface area contributed by atoms with Gasteiger partial charge in [0.05, 0.1) is 0 Å². The van der Waals surface area contributed by atoms with E-state index in [1.807, 2.05) is 6.08 Å². The Kier molecular flexibility index (Phi) is 2.74. The van der Waals surface area contributed by atoms with Crippen LogP contribution in [0.5, 0.6) is 0 Å². The molecule has 3 rings (SSSR count). The lowest BCUT2D eigenvalue weighted by Gasteiger charge is -2.17. The van der Waals surface area contributed by atoms with Crippen molar-refractivity contribution in [3.63, 3.8) is 0 Å². The molecule has 17 heavy (non-hydrogen) atoms. The number of hydrogen-bond donors (Lipinski definition) is 0. The summed E-state index contributed by atoms with van der Waals surface area (Å²) in [5.41, 5.74) is 1.37. The molecule has 1 aliphatic carbocycles. The zero-order valence-corrected chi connectivity index (χ0v) is 10.2. The van der Waals surface area contributed by atoms with E-state index >= 15 is 0 Å². The minimum atomic E-state index is 0.401. The van der Waals surface area contributed by atoms with Crippen molar-refractivity contribution in [2.24, 2.45) is 0 Å². The first-order chi connectivity index (χ1) is 8.34. The first-order valence-corrected chi connectivity index (χ1v) is 6.23. The predicted molar refractivity (Wildman–Crippen MR) is 74.4 cm³/mol. The minimum Gasteiger partial charge on any atom is -0.0891 e. The van der Waals surface area contributed by atoms with E-state index in [1.54, 1.807) is 0 Å². The summed E-state index contributed by atoms with van der Waals surface area (Å²) in [5, 5.41) is 3.56. The maximum absolute atomic E-state index is 6.12. The van der Waals surface area contributed by atoms with Crippen LogP contribution in [0.15, 0.2) is 65.7 Å². The lowest BCUT2D eigenvalue weighted by molar-refractivity contribution is 0.850. The number of benzene rings is 2. The van der Waals surface area contributed by atoms with E-state index in [9.17, 15) is 0 Å². The monoisotopic (exact) mass is 240 g/mol. The molecular formula is C16H13Cl. The normalized spacial score (nSPS) is 19.4. The molecule has 0 nitrogen and oxygen atoms in total. The third-order valence-electron chi connectivity index (χ3n) is 3.26. The number of allylic oxidation sites excluding steroid dienone is 4. The Labute approximate surface area is 106 Å². The summed E-state index contributed by atoms with van der Waals surface area (Å²) in [6, 6.07) is 15.0. The van der Waals surface area contributed by atoms with Crippen molar-refractivity contribution in [3.05, 3.63) is 71.3 Å². The third kappa shape index (κ3) is 2.01. The molecule has 0 bridgehead atoms. The van der Waals surface area contributed by atoms with Crippen LogP contribution in [0.4, 0.5) is 0 Å². The summed E-state index contributed by atoms with van der Waals surface area (Å²) < 4.78 is 0. The van der Waals surface area contributed by atoms with Gasteiger partial charge in [0.15, 0.2) is 0 Å². The summed E-state index contributed by atoms with van der Waals surface area (Å²) in [5.74, 6) is 0.401. The highest BCUT2D eigenvalue weighted by Gasteiger charge is 2.14. The van der Waals surface area contributed by atoms with Crippen LogP contribution >= 0.6 is 11.6 Å². The second-order valence-corrected chi connectivity index (χ2v) is 4.86. The van der Waals surface area contributed by atoms with Gasteiger partial charge in [0, 0.05) is 11.0 Å². The van der Waals surface area contributed by atoms with Gasteiger partial charge < -0.3 is 0 Å². The fraction of sp³-hybridized carbons (Fsp3) is 0.125. The van der Waals surface area contributed by atoms with Gasteiger partial charge >= 0.3 is 0 Å². The topological polar surface area (TPSA) is 0 Å². The van der Waals surface area contributed by atoms with Crippen LogP contribution in [0.25, 0.3) is 10.8 Å². The van der Waals surface area contributed by atoms with Crippen LogP contribution in [0.3, 0.4) is 0 Å². The van der Waals surface area contributed by atoms with Gasteiger partial charge in [-0.15, -0.1) is 0 Å². The van der Waals surface area contributed by atoms with Gasteiger partial charge in [-0.25, -0.2) is 0 Å². The molecule has 0 aliphatic heterocycles. The maximum Gasteiger partial charge on any atom is 0.0190 e. The summed E-state index contributed by atoms with van der Waals surface area (Å²) in [4.78, 5) is 0. The zero-order chi connectivity index (χ0) is 11.7. The molecule has 0 amide bonds. The number of fused-ring (bicyclic) bond motifs is 1. The molecule has 84 valence electrons. The van der Waals surface area contributed by atoms with Crippen LogP contribution in [-0.2, 0) is 0 Å². The molecule has 0 fully saturated rings. The Morgan fingerprint density at radius 2 is 1.82 bits per heavy atom. The summed E-state index contributed by atoms with van der Waals surface area (Å²) in [7, 11) is 0. The minimum absolute atomic E-state index is 0.401. The second-order valence-electron chi connectivity index (χ2n) is 4.38. The van der Waals surface area contributed by atoms with Crippen LogP contribution in [0.2, 0.25) is 0 Å². The highest BCUT2D eigenvalue weighted by atomic mass is 35.5. The number of rotatable bonds is 1. The molecule has 0 aromatic heterocycles. The Hall–Kier alpha value is -1.53. The number of halogens is 1. The molecule has 1 atom stereocenters. The molecule has 0 saturated carbocycles. The van der Waals surface area contributed by atoms with Crippen molar-refractivity contribution in [1.29, 1.82) is 0 Å². The molecule has 0 heterocycles. The van der Waals surface area contributed by atoms with Crippen molar-refractivity contribution < 1.29 is 0 Å². The van der Waals surface area contributed by atoms with Crippen molar-refractivity contribution >= 4 is 22.4 Å². The van der Waals surface area contributed by atoms with Gasteiger partial charge in [0.1, 0.15) is 0 Å². The standard InChI is InChI=1S/C16H13Cl/c17-14-8-3-7-13(11-14)16-10-4-6-12-5-1-2-9-15(12)16/h1-10,13H,11H2. The average Bonchev–Trinajstić information content (AvgIpc) is 2.38. The summed E-state index contributed by atoms with van der Waals surface area (Å²) in [6.07, 6.45) is 7.17. The van der Waals surface area contributed by atoms with Gasteiger partial charge in [-0.05, 0) is 28.8 Å². The molecule has 0 radical (unpaired) electrons. The highest BCUT2D eigenvalue weighted by Crippen LogP contribution is 2.34. The maximum atomic E-state index is 6.12. The smallest absolute Gasteiger partial charge is 0.0190 e.